The van der Waals surface area contributed by atoms with E-state index in [2.05, 4.69) is 9.97 Å². The van der Waals surface area contributed by atoms with Crippen LogP contribution in [0.25, 0.3) is 44.0 Å². The molecule has 0 saturated heterocycles. The smallest absolute Gasteiger partial charge is 0.341 e. The fraction of sp³-hybridized carbons (Fsp3) is 0.217. The number of carboxylic acids is 1. The van der Waals surface area contributed by atoms with Crippen LogP contribution in [0.1, 0.15) is 41.9 Å². The van der Waals surface area contributed by atoms with E-state index < -0.39 is 17.2 Å². The number of hydrogen-bond acceptors (Lipinski definition) is 4. The van der Waals surface area contributed by atoms with Gasteiger partial charge >= 0.3 is 5.97 Å². The highest BCUT2D eigenvalue weighted by molar-refractivity contribution is 6.10. The van der Waals surface area contributed by atoms with E-state index in [1.807, 2.05) is 35.8 Å². The first-order valence-corrected chi connectivity index (χ1v) is 10.2. The SMILES string of the molecule is CCc1c(C(=O)O)c(=O)c2cc(F)c3nc4[nH]c5ccccc5c4nc3c2n1C1CC1. The summed E-state index contributed by atoms with van der Waals surface area (Å²) in [7, 11) is 0. The largest absolute Gasteiger partial charge is 0.477 e. The van der Waals surface area contributed by atoms with Crippen LogP contribution < -0.4 is 5.43 Å². The number of nitrogens with zero attached hydrogens (tertiary/aromatic N) is 3. The zero-order chi connectivity index (χ0) is 21.4. The Balaban J connectivity index is 1.90. The molecule has 3 aromatic heterocycles. The molecule has 0 radical (unpaired) electrons. The molecule has 0 aliphatic heterocycles. The molecule has 0 spiro atoms. The van der Waals surface area contributed by atoms with Crippen LogP contribution >= 0.6 is 0 Å². The zero-order valence-electron chi connectivity index (χ0n) is 16.6. The zero-order valence-corrected chi connectivity index (χ0v) is 16.6. The number of para-hydroxylation sites is 1. The normalized spacial score (nSPS) is 14.3. The molecular weight excluding hydrogens is 399 g/mol. The summed E-state index contributed by atoms with van der Waals surface area (Å²) in [6.07, 6.45) is 2.10. The third-order valence-corrected chi connectivity index (χ3v) is 6.06. The van der Waals surface area contributed by atoms with Gasteiger partial charge in [-0.05, 0) is 31.4 Å². The number of benzene rings is 2. The molecule has 154 valence electrons. The molecule has 1 aliphatic rings. The average Bonchev–Trinajstić information content (AvgIpc) is 3.53. The molecule has 2 N–H and O–H groups in total. The van der Waals surface area contributed by atoms with Gasteiger partial charge in [0.2, 0.25) is 5.43 Å². The van der Waals surface area contributed by atoms with Crippen molar-refractivity contribution in [2.24, 2.45) is 0 Å². The van der Waals surface area contributed by atoms with Crippen LogP contribution in [0.2, 0.25) is 0 Å². The number of fused-ring (bicyclic) bond motifs is 6. The van der Waals surface area contributed by atoms with Crippen molar-refractivity contribution in [1.29, 1.82) is 0 Å². The minimum absolute atomic E-state index is 0.0278. The second-order valence-electron chi connectivity index (χ2n) is 7.95. The van der Waals surface area contributed by atoms with E-state index in [0.717, 1.165) is 29.8 Å². The Hall–Kier alpha value is -3.81. The van der Waals surface area contributed by atoms with E-state index >= 15 is 4.39 Å². The summed E-state index contributed by atoms with van der Waals surface area (Å²) in [6.45, 7) is 1.82. The number of hydrogen-bond donors (Lipinski definition) is 2. The number of aromatic carboxylic acids is 1. The molecule has 0 bridgehead atoms. The monoisotopic (exact) mass is 416 g/mol. The number of aromatic amines is 1. The first-order valence-electron chi connectivity index (χ1n) is 10.2. The van der Waals surface area contributed by atoms with Crippen LogP contribution in [0, 0.1) is 5.82 Å². The van der Waals surface area contributed by atoms with Crippen molar-refractivity contribution in [3.05, 3.63) is 57.6 Å². The number of carboxylic acid groups (broad SMARTS) is 1. The topological polar surface area (TPSA) is 101 Å². The van der Waals surface area contributed by atoms with Gasteiger partial charge in [-0.2, -0.15) is 0 Å². The van der Waals surface area contributed by atoms with Gasteiger partial charge in [0.15, 0.2) is 11.5 Å². The van der Waals surface area contributed by atoms with Crippen molar-refractivity contribution in [2.75, 3.05) is 0 Å². The highest BCUT2D eigenvalue weighted by Gasteiger charge is 2.32. The third-order valence-electron chi connectivity index (χ3n) is 6.06. The molecule has 5 aromatic rings. The highest BCUT2D eigenvalue weighted by Crippen LogP contribution is 2.41. The van der Waals surface area contributed by atoms with Gasteiger partial charge in [0.05, 0.1) is 10.9 Å². The quantitative estimate of drug-likeness (QED) is 0.427. The molecule has 0 amide bonds. The van der Waals surface area contributed by atoms with Crippen molar-refractivity contribution in [3.8, 4) is 0 Å². The van der Waals surface area contributed by atoms with Crippen LogP contribution in [0.15, 0.2) is 35.1 Å². The van der Waals surface area contributed by atoms with E-state index in [-0.39, 0.29) is 28.0 Å². The molecule has 7 nitrogen and oxygen atoms in total. The average molecular weight is 416 g/mol. The summed E-state index contributed by atoms with van der Waals surface area (Å²) in [5.74, 6) is -1.99. The Morgan fingerprint density at radius 2 is 1.97 bits per heavy atom. The lowest BCUT2D eigenvalue weighted by Gasteiger charge is -2.19. The maximum absolute atomic E-state index is 15.1. The van der Waals surface area contributed by atoms with Gasteiger partial charge in [-0.25, -0.2) is 19.2 Å². The summed E-state index contributed by atoms with van der Waals surface area (Å²) < 4.78 is 17.0. The molecule has 2 aromatic carbocycles. The van der Waals surface area contributed by atoms with Crippen LogP contribution in [0.5, 0.6) is 0 Å². The standard InChI is InChI=1S/C23H17FN4O3/c1-2-15-16(23(30)31)21(29)12-9-13(24)18-19(20(12)28(15)10-7-8-10)26-17-11-5-3-4-6-14(11)25-22(17)27-18/h3-6,9-10H,2,7-8H2,1H3,(H,25,27)(H,30,31). The molecule has 6 rings (SSSR count). The van der Waals surface area contributed by atoms with Gasteiger partial charge in [0.25, 0.3) is 0 Å². The first kappa shape index (κ1) is 18.0. The number of H-pyrrole nitrogens is 1. The summed E-state index contributed by atoms with van der Waals surface area (Å²) in [5.41, 5.74) is 2.16. The molecular formula is C23H17FN4O3. The number of rotatable bonds is 3. The van der Waals surface area contributed by atoms with Gasteiger partial charge in [-0.3, -0.25) is 4.79 Å². The summed E-state index contributed by atoms with van der Waals surface area (Å²) in [5, 5.41) is 10.6. The second kappa shape index (κ2) is 6.10. The fourth-order valence-corrected chi connectivity index (χ4v) is 4.60. The van der Waals surface area contributed by atoms with Gasteiger partial charge in [0, 0.05) is 22.6 Å². The number of halogens is 1. The summed E-state index contributed by atoms with van der Waals surface area (Å²) >= 11 is 0. The highest BCUT2D eigenvalue weighted by atomic mass is 19.1. The number of pyridine rings is 1. The van der Waals surface area contributed by atoms with E-state index in [0.29, 0.717) is 28.8 Å². The molecule has 1 fully saturated rings. The van der Waals surface area contributed by atoms with Gasteiger partial charge in [-0.15, -0.1) is 0 Å². The molecule has 1 aliphatic carbocycles. The minimum atomic E-state index is -1.29. The Bertz CT molecular complexity index is 1650. The maximum atomic E-state index is 15.1. The number of carbonyl (C=O) groups is 1. The lowest BCUT2D eigenvalue weighted by atomic mass is 10.0. The molecule has 0 unspecified atom stereocenters. The lowest BCUT2D eigenvalue weighted by molar-refractivity contribution is 0.0693. The predicted octanol–water partition coefficient (Wildman–Crippen LogP) is 4.31. The predicted molar refractivity (Wildman–Crippen MR) is 115 cm³/mol. The molecule has 3 heterocycles. The van der Waals surface area contributed by atoms with Crippen molar-refractivity contribution in [1.82, 2.24) is 19.5 Å². The van der Waals surface area contributed by atoms with Gasteiger partial charge in [-0.1, -0.05) is 25.1 Å². The second-order valence-corrected chi connectivity index (χ2v) is 7.95. The maximum Gasteiger partial charge on any atom is 0.341 e. The van der Waals surface area contributed by atoms with E-state index in [1.165, 1.54) is 0 Å². The minimum Gasteiger partial charge on any atom is -0.477 e. The van der Waals surface area contributed by atoms with Crippen molar-refractivity contribution >= 4 is 50.0 Å². The van der Waals surface area contributed by atoms with Crippen LogP contribution in [0.3, 0.4) is 0 Å². The lowest BCUT2D eigenvalue weighted by Crippen LogP contribution is -2.24. The Morgan fingerprint density at radius 3 is 2.68 bits per heavy atom. The van der Waals surface area contributed by atoms with Gasteiger partial charge in [0.1, 0.15) is 22.1 Å². The molecule has 0 atom stereocenters. The Morgan fingerprint density at radius 1 is 1.19 bits per heavy atom. The number of nitrogens with one attached hydrogen (secondary N) is 1. The fourth-order valence-electron chi connectivity index (χ4n) is 4.60. The van der Waals surface area contributed by atoms with Crippen LogP contribution in [-0.2, 0) is 6.42 Å². The Labute approximate surface area is 174 Å². The molecule has 8 heteroatoms. The van der Waals surface area contributed by atoms with E-state index in [9.17, 15) is 14.7 Å². The van der Waals surface area contributed by atoms with Gasteiger partial charge < -0.3 is 14.7 Å². The number of aromatic nitrogens is 4. The Kier molecular flexibility index (Phi) is 3.54. The van der Waals surface area contributed by atoms with Crippen LogP contribution in [-0.4, -0.2) is 30.6 Å². The molecule has 1 saturated carbocycles. The van der Waals surface area contributed by atoms with Crippen LogP contribution in [0.4, 0.5) is 4.39 Å². The first-order chi connectivity index (χ1) is 15.0. The summed E-state index contributed by atoms with van der Waals surface area (Å²) in [4.78, 5) is 37.5. The van der Waals surface area contributed by atoms with E-state index in [1.54, 1.807) is 0 Å². The van der Waals surface area contributed by atoms with Crippen molar-refractivity contribution in [3.63, 3.8) is 0 Å². The van der Waals surface area contributed by atoms with Crippen molar-refractivity contribution in [2.45, 2.75) is 32.2 Å². The van der Waals surface area contributed by atoms with E-state index in [4.69, 9.17) is 4.98 Å². The summed E-state index contributed by atoms with van der Waals surface area (Å²) in [6, 6.07) is 8.74. The third kappa shape index (κ3) is 2.38. The van der Waals surface area contributed by atoms with Crippen molar-refractivity contribution < 1.29 is 14.3 Å². The molecule has 31 heavy (non-hydrogen) atoms.